The normalized spacial score (nSPS) is 10.0. The van der Waals surface area contributed by atoms with E-state index in [1.165, 1.54) is 13.1 Å². The van der Waals surface area contributed by atoms with Crippen LogP contribution in [0.2, 0.25) is 5.02 Å². The van der Waals surface area contributed by atoms with E-state index in [1.54, 1.807) is 0 Å². The van der Waals surface area contributed by atoms with Crippen LogP contribution in [0.15, 0.2) is 27.9 Å². The first-order valence-corrected chi connectivity index (χ1v) is 6.99. The number of rotatable bonds is 3. The lowest BCUT2D eigenvalue weighted by Gasteiger charge is -2.10. The minimum Gasteiger partial charge on any atom is -0.479 e. The summed E-state index contributed by atoms with van der Waals surface area (Å²) < 4.78 is 20.9. The van der Waals surface area contributed by atoms with Gasteiger partial charge in [0.2, 0.25) is 0 Å². The quantitative estimate of drug-likeness (QED) is 0.747. The second-order valence-electron chi connectivity index (χ2n) is 4.03. The molecule has 6 nitrogen and oxygen atoms in total. The fraction of sp³-hybridized carbons (Fsp3) is 0.154. The number of ether oxygens (including phenoxy) is 1. The van der Waals surface area contributed by atoms with Crippen molar-refractivity contribution in [3.8, 4) is 22.2 Å². The molecule has 0 amide bonds. The summed E-state index contributed by atoms with van der Waals surface area (Å²) in [6.07, 6.45) is 0.909. The van der Waals surface area contributed by atoms with Crippen LogP contribution in [0, 0.1) is 16.6 Å². The van der Waals surface area contributed by atoms with Crippen LogP contribution in [0.3, 0.4) is 0 Å². The van der Waals surface area contributed by atoms with Crippen molar-refractivity contribution < 1.29 is 9.13 Å². The van der Waals surface area contributed by atoms with Crippen LogP contribution in [-0.2, 0) is 7.05 Å². The fourth-order valence-corrected chi connectivity index (χ4v) is 1.90. The maximum atomic E-state index is 14.1. The van der Waals surface area contributed by atoms with Gasteiger partial charge in [-0.1, -0.05) is 11.6 Å². The van der Waals surface area contributed by atoms with Gasteiger partial charge in [0.15, 0.2) is 5.82 Å². The molecule has 2 rings (SSSR count). The number of aromatic nitrogens is 3. The van der Waals surface area contributed by atoms with E-state index < -0.39 is 17.1 Å². The van der Waals surface area contributed by atoms with Gasteiger partial charge in [-0.15, -0.1) is 0 Å². The van der Waals surface area contributed by atoms with E-state index >= 15 is 0 Å². The van der Waals surface area contributed by atoms with Gasteiger partial charge in [0.1, 0.15) is 24.2 Å². The zero-order valence-corrected chi connectivity index (χ0v) is 13.5. The zero-order valence-electron chi connectivity index (χ0n) is 11.1. The van der Waals surface area contributed by atoms with E-state index in [-0.39, 0.29) is 23.1 Å². The molecule has 0 bridgehead atoms. The minimum atomic E-state index is -0.792. The summed E-state index contributed by atoms with van der Waals surface area (Å²) in [6, 6.07) is 2.21. The Kier molecular flexibility index (Phi) is 5.00. The Labute approximate surface area is 137 Å². The highest BCUT2D eigenvalue weighted by Crippen LogP contribution is 2.28. The van der Waals surface area contributed by atoms with E-state index in [4.69, 9.17) is 16.3 Å². The second-order valence-corrected chi connectivity index (χ2v) is 4.83. The predicted octanol–water partition coefficient (Wildman–Crippen LogP) is 1.46. The van der Waals surface area contributed by atoms with Gasteiger partial charge in [-0.2, -0.15) is 9.78 Å². The van der Waals surface area contributed by atoms with Crippen LogP contribution in [0.5, 0.6) is 5.75 Å². The lowest BCUT2D eigenvalue weighted by molar-refractivity contribution is 0.369. The van der Waals surface area contributed by atoms with Crippen LogP contribution in [0.1, 0.15) is 0 Å². The predicted molar refractivity (Wildman–Crippen MR) is 82.2 cm³/mol. The molecule has 0 aliphatic heterocycles. The zero-order chi connectivity index (χ0) is 16.3. The molecule has 1 heterocycles. The highest BCUT2D eigenvalue weighted by Gasteiger charge is 2.14. The topological polar surface area (TPSA) is 66.1 Å². The molecule has 9 heteroatoms. The van der Waals surface area contributed by atoms with Crippen molar-refractivity contribution in [3.05, 3.63) is 50.0 Å². The molecule has 2 aromatic rings. The molecular weight excluding hydrogens is 381 g/mol. The molecule has 0 unspecified atom stereocenters. The summed E-state index contributed by atoms with van der Waals surface area (Å²) in [7, 11) is 1.26. The molecule has 0 saturated heterocycles. The fourth-order valence-electron chi connectivity index (χ4n) is 1.58. The Balaban J connectivity index is 2.58. The Morgan fingerprint density at radius 1 is 1.45 bits per heavy atom. The maximum Gasteiger partial charge on any atom is 0.352 e. The van der Waals surface area contributed by atoms with Crippen LogP contribution in [0.4, 0.5) is 4.39 Å². The molecule has 22 heavy (non-hydrogen) atoms. The van der Waals surface area contributed by atoms with Gasteiger partial charge < -0.3 is 4.74 Å². The summed E-state index contributed by atoms with van der Waals surface area (Å²) >= 11 is 8.78. The first kappa shape index (κ1) is 16.3. The Hall–Kier alpha value is -2.11. The number of benzene rings is 1. The summed E-state index contributed by atoms with van der Waals surface area (Å²) in [5, 5.41) is 3.66. The number of halogens is 3. The third kappa shape index (κ3) is 3.21. The first-order valence-electron chi connectivity index (χ1n) is 5.81. The van der Waals surface area contributed by atoms with E-state index in [1.807, 2.05) is 0 Å². The van der Waals surface area contributed by atoms with Gasteiger partial charge in [-0.25, -0.2) is 9.18 Å². The van der Waals surface area contributed by atoms with Crippen molar-refractivity contribution in [2.75, 3.05) is 6.61 Å². The van der Waals surface area contributed by atoms with E-state index in [9.17, 15) is 14.0 Å². The molecule has 0 N–H and O–H groups in total. The molecule has 1 aromatic heterocycles. The van der Waals surface area contributed by atoms with Crippen LogP contribution in [0.25, 0.3) is 5.69 Å². The van der Waals surface area contributed by atoms with Gasteiger partial charge in [-0.05, 0) is 16.8 Å². The minimum absolute atomic E-state index is 0.0195. The van der Waals surface area contributed by atoms with E-state index in [2.05, 4.69) is 31.8 Å². The highest BCUT2D eigenvalue weighted by atomic mass is 79.9. The van der Waals surface area contributed by atoms with Crippen molar-refractivity contribution in [1.82, 2.24) is 14.3 Å². The van der Waals surface area contributed by atoms with Gasteiger partial charge >= 0.3 is 5.69 Å². The molecular formula is C13H8BrClFN3O3. The summed E-state index contributed by atoms with van der Waals surface area (Å²) in [4.78, 5) is 25.8. The molecule has 0 atom stereocenters. The summed E-state index contributed by atoms with van der Waals surface area (Å²) in [5.41, 5.74) is -1.58. The van der Waals surface area contributed by atoms with Gasteiger partial charge in [0.05, 0.1) is 5.02 Å². The van der Waals surface area contributed by atoms with Crippen molar-refractivity contribution in [2.45, 2.75) is 0 Å². The van der Waals surface area contributed by atoms with Crippen LogP contribution >= 0.6 is 27.5 Å². The number of hydrogen-bond donors (Lipinski definition) is 0. The van der Waals surface area contributed by atoms with Gasteiger partial charge in [0, 0.05) is 29.0 Å². The van der Waals surface area contributed by atoms with Gasteiger partial charge in [-0.3, -0.25) is 9.36 Å². The molecule has 0 radical (unpaired) electrons. The molecule has 1 aromatic carbocycles. The molecule has 0 aliphatic rings. The Morgan fingerprint density at radius 2 is 2.18 bits per heavy atom. The average Bonchev–Trinajstić information content (AvgIpc) is 2.48. The van der Waals surface area contributed by atoms with E-state index in [0.29, 0.717) is 0 Å². The molecule has 0 fully saturated rings. The highest BCUT2D eigenvalue weighted by molar-refractivity contribution is 9.12. The van der Waals surface area contributed by atoms with Crippen LogP contribution in [-0.4, -0.2) is 21.0 Å². The number of nitrogens with zero attached hydrogens (tertiary/aromatic N) is 3. The second kappa shape index (κ2) is 6.77. The van der Waals surface area contributed by atoms with Crippen molar-refractivity contribution in [1.29, 1.82) is 0 Å². The molecule has 0 spiro atoms. The standard InChI is InChI=1S/C13H8BrClFN3O3/c1-18-12(20)7-17-19(13(18)21)10-6-11(22-4-2-3-14)8(15)5-9(10)16/h5-7H,4H2,1H3. The lowest BCUT2D eigenvalue weighted by Crippen LogP contribution is -2.38. The van der Waals surface area contributed by atoms with Crippen molar-refractivity contribution >= 4 is 27.5 Å². The molecule has 0 aliphatic carbocycles. The Bertz CT molecular complexity index is 898. The third-order valence-corrected chi connectivity index (χ3v) is 3.25. The third-order valence-electron chi connectivity index (χ3n) is 2.68. The first-order chi connectivity index (χ1) is 10.5. The SMILES string of the molecule is Cn1c(=O)cnn(-c2cc(OCC#CBr)c(Cl)cc2F)c1=O. The smallest absolute Gasteiger partial charge is 0.352 e. The van der Waals surface area contributed by atoms with Crippen molar-refractivity contribution in [3.63, 3.8) is 0 Å². The lowest BCUT2D eigenvalue weighted by atomic mass is 10.3. The maximum absolute atomic E-state index is 14.1. The molecule has 114 valence electrons. The number of hydrogen-bond acceptors (Lipinski definition) is 4. The van der Waals surface area contributed by atoms with Gasteiger partial charge in [0.25, 0.3) is 5.56 Å². The molecule has 0 saturated carbocycles. The summed E-state index contributed by atoms with van der Waals surface area (Å²) in [6.45, 7) is 0.0195. The van der Waals surface area contributed by atoms with E-state index in [0.717, 1.165) is 21.5 Å². The Morgan fingerprint density at radius 3 is 2.86 bits per heavy atom. The van der Waals surface area contributed by atoms with Crippen LogP contribution < -0.4 is 16.0 Å². The monoisotopic (exact) mass is 387 g/mol. The summed E-state index contributed by atoms with van der Waals surface area (Å²) in [5.74, 6) is 1.94. The average molecular weight is 389 g/mol. The largest absolute Gasteiger partial charge is 0.479 e. The van der Waals surface area contributed by atoms with Crippen molar-refractivity contribution in [2.24, 2.45) is 7.05 Å².